The van der Waals surface area contributed by atoms with Gasteiger partial charge in [0.2, 0.25) is 10.0 Å². The fourth-order valence-corrected chi connectivity index (χ4v) is 7.98. The molecule has 1 fully saturated rings. The number of aliphatic hydroxyl groups is 1. The molecule has 5 rings (SSSR count). The fourth-order valence-electron chi connectivity index (χ4n) is 5.85. The van der Waals surface area contributed by atoms with E-state index in [2.05, 4.69) is 17.1 Å². The second-order valence-electron chi connectivity index (χ2n) is 10.7. The molecule has 1 saturated heterocycles. The van der Waals surface area contributed by atoms with Crippen molar-refractivity contribution < 1.29 is 18.3 Å². The van der Waals surface area contributed by atoms with Crippen LogP contribution in [-0.2, 0) is 16.4 Å². The summed E-state index contributed by atoms with van der Waals surface area (Å²) in [6.07, 6.45) is 4.46. The molecule has 3 N–H and O–H groups in total. The van der Waals surface area contributed by atoms with Crippen LogP contribution in [0.2, 0.25) is 0 Å². The molecule has 0 amide bonds. The first kappa shape index (κ1) is 27.7. The number of nitriles is 1. The summed E-state index contributed by atoms with van der Waals surface area (Å²) in [5.41, 5.74) is 4.55. The number of likely N-dealkylation sites (tertiary alicyclic amines) is 1. The maximum atomic E-state index is 12.8. The maximum absolute atomic E-state index is 12.8. The second-order valence-corrected chi connectivity index (χ2v) is 13.5. The third kappa shape index (κ3) is 6.03. The summed E-state index contributed by atoms with van der Waals surface area (Å²) in [6, 6.07) is 13.8. The average Bonchev–Trinajstić information content (AvgIpc) is 3.54. The number of piperidine rings is 1. The highest BCUT2D eigenvalue weighted by atomic mass is 32.2. The van der Waals surface area contributed by atoms with Gasteiger partial charge in [-0.3, -0.25) is 4.90 Å². The van der Waals surface area contributed by atoms with Crippen LogP contribution in [0.5, 0.6) is 5.75 Å². The number of benzene rings is 2. The Morgan fingerprint density at radius 2 is 2.10 bits per heavy atom. The van der Waals surface area contributed by atoms with Crippen LogP contribution in [0.1, 0.15) is 55.7 Å². The number of hydrogen-bond donors (Lipinski definition) is 2. The van der Waals surface area contributed by atoms with Gasteiger partial charge in [-0.2, -0.15) is 5.26 Å². The number of nitrogens with two attached hydrogens (primary N) is 1. The molecule has 2 heterocycles. The number of sulfonamides is 1. The number of ether oxygens (including phenoxy) is 1. The smallest absolute Gasteiger partial charge is 0.213 e. The van der Waals surface area contributed by atoms with Crippen LogP contribution in [-0.4, -0.2) is 60.5 Å². The van der Waals surface area contributed by atoms with Crippen LogP contribution in [0.3, 0.4) is 0 Å². The summed E-state index contributed by atoms with van der Waals surface area (Å²) in [5.74, 6) is 0.358. The van der Waals surface area contributed by atoms with E-state index in [4.69, 9.17) is 9.88 Å². The predicted octanol–water partition coefficient (Wildman–Crippen LogP) is 4.28. The van der Waals surface area contributed by atoms with Crippen molar-refractivity contribution in [1.29, 1.82) is 5.26 Å². The molecule has 0 spiro atoms. The molecular weight excluding hydrogens is 532 g/mol. The molecule has 3 aromatic rings. The molecule has 1 aliphatic carbocycles. The molecule has 8 nitrogen and oxygen atoms in total. The number of nitrogens with zero attached hydrogens (tertiary/aromatic N) is 3. The van der Waals surface area contributed by atoms with E-state index in [1.165, 1.54) is 0 Å². The van der Waals surface area contributed by atoms with E-state index in [-0.39, 0.29) is 12.0 Å². The molecule has 3 atom stereocenters. The standard InChI is InChI=1S/C29H34N4O4S2/c1-18(2)37-26-11-8-19(13-20(26)14-30)29-32-15-27(38-29)24-7-3-6-22-23(24)9-10-25(22)28(39(31,35)36)17-33-12-4-5-21(34)16-33/h3,6-8,11,13,15,18,21,25,28,34H,4-5,9-10,12,16-17H2,1-2H3,(H2,31,35,36)/t21-,25-,28?/m1/s1. The van der Waals surface area contributed by atoms with Crippen molar-refractivity contribution in [2.75, 3.05) is 19.6 Å². The first-order valence-electron chi connectivity index (χ1n) is 13.3. The number of β-amino-alcohol motifs (C(OH)–C–C–N with tert-alkyl or cyclic N) is 1. The van der Waals surface area contributed by atoms with Gasteiger partial charge in [-0.15, -0.1) is 11.3 Å². The van der Waals surface area contributed by atoms with E-state index >= 15 is 0 Å². The molecule has 0 bridgehead atoms. The lowest BCUT2D eigenvalue weighted by molar-refractivity contribution is 0.0695. The third-order valence-electron chi connectivity index (χ3n) is 7.59. The number of thiazole rings is 1. The lowest BCUT2D eigenvalue weighted by Crippen LogP contribution is -2.47. The van der Waals surface area contributed by atoms with Crippen LogP contribution in [0.25, 0.3) is 21.0 Å². The minimum Gasteiger partial charge on any atom is -0.490 e. The first-order chi connectivity index (χ1) is 18.6. The summed E-state index contributed by atoms with van der Waals surface area (Å²) in [6.45, 7) is 5.42. The van der Waals surface area contributed by atoms with Crippen LogP contribution in [0.15, 0.2) is 42.6 Å². The number of primary sulfonamides is 1. The molecule has 10 heteroatoms. The molecular formula is C29H34N4O4S2. The fraction of sp³-hybridized carbons (Fsp3) is 0.448. The SMILES string of the molecule is CC(C)Oc1ccc(-c2ncc(-c3cccc4c3CC[C@H]4C(CN3CCC[C@@H](O)C3)S(N)(=O)=O)s2)cc1C#N. The van der Waals surface area contributed by atoms with Crippen LogP contribution < -0.4 is 9.88 Å². The lowest BCUT2D eigenvalue weighted by atomic mass is 9.94. The Balaban J connectivity index is 1.43. The quantitative estimate of drug-likeness (QED) is 0.416. The van der Waals surface area contributed by atoms with Crippen molar-refractivity contribution in [3.63, 3.8) is 0 Å². The molecule has 1 aliphatic heterocycles. The number of rotatable bonds is 8. The highest BCUT2D eigenvalue weighted by Gasteiger charge is 2.39. The summed E-state index contributed by atoms with van der Waals surface area (Å²) >= 11 is 1.55. The highest BCUT2D eigenvalue weighted by molar-refractivity contribution is 7.89. The number of aromatic nitrogens is 1. The zero-order valence-electron chi connectivity index (χ0n) is 22.2. The van der Waals surface area contributed by atoms with Crippen molar-refractivity contribution in [2.24, 2.45) is 5.14 Å². The summed E-state index contributed by atoms with van der Waals surface area (Å²) in [4.78, 5) is 7.68. The van der Waals surface area contributed by atoms with Crippen LogP contribution >= 0.6 is 11.3 Å². The molecule has 2 aromatic carbocycles. The van der Waals surface area contributed by atoms with Gasteiger partial charge in [0.25, 0.3) is 0 Å². The molecule has 1 unspecified atom stereocenters. The Morgan fingerprint density at radius 3 is 2.82 bits per heavy atom. The van der Waals surface area contributed by atoms with Gasteiger partial charge in [-0.1, -0.05) is 18.2 Å². The van der Waals surface area contributed by atoms with Gasteiger partial charge in [0.15, 0.2) is 0 Å². The van der Waals surface area contributed by atoms with E-state index in [0.717, 1.165) is 57.9 Å². The Labute approximate surface area is 234 Å². The van der Waals surface area contributed by atoms with Gasteiger partial charge >= 0.3 is 0 Å². The summed E-state index contributed by atoms with van der Waals surface area (Å²) in [5, 5.41) is 25.6. The maximum Gasteiger partial charge on any atom is 0.213 e. The van der Waals surface area contributed by atoms with Gasteiger partial charge < -0.3 is 9.84 Å². The average molecular weight is 567 g/mol. The highest BCUT2D eigenvalue weighted by Crippen LogP contribution is 2.44. The third-order valence-corrected chi connectivity index (χ3v) is 9.99. The monoisotopic (exact) mass is 566 g/mol. The largest absolute Gasteiger partial charge is 0.490 e. The zero-order chi connectivity index (χ0) is 27.7. The van der Waals surface area contributed by atoms with Crippen molar-refractivity contribution >= 4 is 21.4 Å². The van der Waals surface area contributed by atoms with Crippen LogP contribution in [0, 0.1) is 11.3 Å². The van der Waals surface area contributed by atoms with Gasteiger partial charge in [0.05, 0.1) is 27.9 Å². The topological polar surface area (TPSA) is 130 Å². The normalized spacial score (nSPS) is 20.5. The van der Waals surface area contributed by atoms with E-state index in [9.17, 15) is 18.8 Å². The Morgan fingerprint density at radius 1 is 1.28 bits per heavy atom. The van der Waals surface area contributed by atoms with Crippen molar-refractivity contribution in [3.8, 4) is 32.8 Å². The van der Waals surface area contributed by atoms with Crippen molar-refractivity contribution in [2.45, 2.75) is 62.9 Å². The first-order valence-corrected chi connectivity index (χ1v) is 15.8. The van der Waals surface area contributed by atoms with Gasteiger partial charge in [-0.25, -0.2) is 18.5 Å². The number of fused-ring (bicyclic) bond motifs is 1. The van der Waals surface area contributed by atoms with E-state index in [0.29, 0.717) is 30.8 Å². The van der Waals surface area contributed by atoms with E-state index in [1.807, 2.05) is 49.2 Å². The minimum atomic E-state index is -3.80. The lowest BCUT2D eigenvalue weighted by Gasteiger charge is -2.34. The summed E-state index contributed by atoms with van der Waals surface area (Å²) < 4.78 is 31.3. The molecule has 0 radical (unpaired) electrons. The number of aliphatic hydroxyl groups excluding tert-OH is 1. The number of hydrogen-bond acceptors (Lipinski definition) is 8. The Bertz CT molecular complexity index is 1500. The van der Waals surface area contributed by atoms with Crippen molar-refractivity contribution in [3.05, 3.63) is 59.3 Å². The zero-order valence-corrected chi connectivity index (χ0v) is 23.8. The van der Waals surface area contributed by atoms with Gasteiger partial charge in [0.1, 0.15) is 16.8 Å². The van der Waals surface area contributed by atoms with Gasteiger partial charge in [0, 0.05) is 30.8 Å². The van der Waals surface area contributed by atoms with Crippen molar-refractivity contribution in [1.82, 2.24) is 9.88 Å². The summed E-state index contributed by atoms with van der Waals surface area (Å²) in [7, 11) is -3.80. The van der Waals surface area contributed by atoms with Gasteiger partial charge in [-0.05, 0) is 81.0 Å². The second kappa shape index (κ2) is 11.4. The molecule has 206 valence electrons. The molecule has 2 aliphatic rings. The molecule has 0 saturated carbocycles. The van der Waals surface area contributed by atoms with E-state index < -0.39 is 21.4 Å². The van der Waals surface area contributed by atoms with E-state index in [1.54, 1.807) is 17.4 Å². The Kier molecular flexibility index (Phi) is 8.08. The molecule has 39 heavy (non-hydrogen) atoms. The predicted molar refractivity (Wildman–Crippen MR) is 153 cm³/mol. The Hall–Kier alpha value is -2.81. The molecule has 1 aromatic heterocycles. The van der Waals surface area contributed by atoms with Crippen LogP contribution in [0.4, 0.5) is 0 Å². The minimum absolute atomic E-state index is 0.0290.